The molecule has 1 heterocycles. The second-order valence-corrected chi connectivity index (χ2v) is 4.51. The quantitative estimate of drug-likeness (QED) is 0.733. The molecular weight excluding hydrogens is 194 g/mol. The van der Waals surface area contributed by atoms with Gasteiger partial charge in [-0.05, 0) is 42.4 Å². The van der Waals surface area contributed by atoms with Crippen LogP contribution in [-0.2, 0) is 6.42 Å². The van der Waals surface area contributed by atoms with Crippen LogP contribution in [0.2, 0.25) is 0 Å². The van der Waals surface area contributed by atoms with Gasteiger partial charge in [0.15, 0.2) is 0 Å². The third kappa shape index (κ3) is 2.58. The van der Waals surface area contributed by atoms with Gasteiger partial charge in [-0.15, -0.1) is 0 Å². The van der Waals surface area contributed by atoms with Crippen molar-refractivity contribution in [3.63, 3.8) is 0 Å². The molecule has 0 saturated heterocycles. The second kappa shape index (κ2) is 5.93. The zero-order valence-electron chi connectivity index (χ0n) is 11.4. The van der Waals surface area contributed by atoms with Crippen molar-refractivity contribution in [2.24, 2.45) is 0 Å². The van der Waals surface area contributed by atoms with E-state index in [1.54, 1.807) is 5.56 Å². The molecule has 0 aliphatic carbocycles. The molecule has 2 rings (SSSR count). The monoisotopic (exact) mass is 219 g/mol. The largest absolute Gasteiger partial charge is 0.385 e. The summed E-state index contributed by atoms with van der Waals surface area (Å²) in [5.74, 6) is 0.620. The summed E-state index contributed by atoms with van der Waals surface area (Å²) < 4.78 is 0. The SMILES string of the molecule is CC.Cc1ccc(C(C)C)c2c1CCCN2. The standard InChI is InChI=1S/C13H19N.C2H6/c1-9(2)11-7-6-10(3)12-5-4-8-14-13(11)12;1-2/h6-7,9,14H,4-5,8H2,1-3H3;1-2H3. The van der Waals surface area contributed by atoms with E-state index >= 15 is 0 Å². The summed E-state index contributed by atoms with van der Waals surface area (Å²) in [6.07, 6.45) is 2.52. The molecule has 0 unspecified atom stereocenters. The van der Waals surface area contributed by atoms with Crippen molar-refractivity contribution >= 4 is 5.69 Å². The third-order valence-electron chi connectivity index (χ3n) is 3.11. The van der Waals surface area contributed by atoms with Gasteiger partial charge in [-0.1, -0.05) is 39.8 Å². The number of anilines is 1. The van der Waals surface area contributed by atoms with Crippen LogP contribution in [0.3, 0.4) is 0 Å². The Kier molecular flexibility index (Phi) is 4.85. The Morgan fingerprint density at radius 3 is 2.50 bits per heavy atom. The molecule has 16 heavy (non-hydrogen) atoms. The summed E-state index contributed by atoms with van der Waals surface area (Å²) in [6.45, 7) is 11.9. The lowest BCUT2D eigenvalue weighted by Crippen LogP contribution is -2.15. The normalized spacial score (nSPS) is 13.6. The molecule has 1 heteroatoms. The fourth-order valence-electron chi connectivity index (χ4n) is 2.26. The molecule has 1 nitrogen and oxygen atoms in total. The minimum absolute atomic E-state index is 0.620. The van der Waals surface area contributed by atoms with Gasteiger partial charge in [0.05, 0.1) is 0 Å². The lowest BCUT2D eigenvalue weighted by molar-refractivity contribution is 0.798. The maximum Gasteiger partial charge on any atom is 0.0410 e. The number of hydrogen-bond donors (Lipinski definition) is 1. The number of hydrogen-bond acceptors (Lipinski definition) is 1. The van der Waals surface area contributed by atoms with Crippen molar-refractivity contribution in [2.75, 3.05) is 11.9 Å². The number of nitrogens with one attached hydrogen (secondary N) is 1. The predicted octanol–water partition coefficient (Wildman–Crippen LogP) is 4.50. The first-order chi connectivity index (χ1) is 7.70. The molecule has 0 aromatic heterocycles. The smallest absolute Gasteiger partial charge is 0.0410 e. The first-order valence-electron chi connectivity index (χ1n) is 6.56. The van der Waals surface area contributed by atoms with Crippen molar-refractivity contribution < 1.29 is 0 Å². The molecule has 0 radical (unpaired) electrons. The average molecular weight is 219 g/mol. The highest BCUT2D eigenvalue weighted by atomic mass is 14.9. The van der Waals surface area contributed by atoms with Crippen molar-refractivity contribution in [1.82, 2.24) is 0 Å². The number of fused-ring (bicyclic) bond motifs is 1. The highest BCUT2D eigenvalue weighted by molar-refractivity contribution is 5.62. The van der Waals surface area contributed by atoms with Crippen LogP contribution in [0.1, 0.15) is 56.7 Å². The van der Waals surface area contributed by atoms with Gasteiger partial charge >= 0.3 is 0 Å². The van der Waals surface area contributed by atoms with Gasteiger partial charge < -0.3 is 5.32 Å². The Morgan fingerprint density at radius 1 is 1.19 bits per heavy atom. The van der Waals surface area contributed by atoms with Gasteiger partial charge in [0.1, 0.15) is 0 Å². The van der Waals surface area contributed by atoms with Crippen molar-refractivity contribution in [1.29, 1.82) is 0 Å². The first-order valence-corrected chi connectivity index (χ1v) is 6.56. The Hall–Kier alpha value is -0.980. The van der Waals surface area contributed by atoms with Gasteiger partial charge in [-0.2, -0.15) is 0 Å². The molecule has 0 saturated carbocycles. The summed E-state index contributed by atoms with van der Waals surface area (Å²) >= 11 is 0. The van der Waals surface area contributed by atoms with E-state index in [-0.39, 0.29) is 0 Å². The van der Waals surface area contributed by atoms with E-state index in [2.05, 4.69) is 38.2 Å². The van der Waals surface area contributed by atoms with Crippen LogP contribution < -0.4 is 5.32 Å². The Balaban J connectivity index is 0.000000606. The molecule has 0 spiro atoms. The van der Waals surface area contributed by atoms with Crippen molar-refractivity contribution in [3.05, 3.63) is 28.8 Å². The molecule has 1 aromatic rings. The number of aryl methyl sites for hydroxylation is 1. The van der Waals surface area contributed by atoms with E-state index in [1.165, 1.54) is 29.7 Å². The van der Waals surface area contributed by atoms with Crippen LogP contribution >= 0.6 is 0 Å². The molecule has 0 atom stereocenters. The van der Waals surface area contributed by atoms with Crippen LogP contribution in [0.25, 0.3) is 0 Å². The molecule has 0 amide bonds. The molecule has 0 fully saturated rings. The third-order valence-corrected chi connectivity index (χ3v) is 3.11. The van der Waals surface area contributed by atoms with Crippen LogP contribution in [0.15, 0.2) is 12.1 Å². The lowest BCUT2D eigenvalue weighted by atomic mass is 9.90. The zero-order chi connectivity index (χ0) is 12.1. The van der Waals surface area contributed by atoms with E-state index in [4.69, 9.17) is 0 Å². The molecule has 1 N–H and O–H groups in total. The van der Waals surface area contributed by atoms with Crippen molar-refractivity contribution in [3.8, 4) is 0 Å². The fraction of sp³-hybridized carbons (Fsp3) is 0.600. The second-order valence-electron chi connectivity index (χ2n) is 4.51. The number of benzene rings is 1. The van der Waals surface area contributed by atoms with Crippen LogP contribution in [0.4, 0.5) is 5.69 Å². The molecule has 1 aliphatic heterocycles. The lowest BCUT2D eigenvalue weighted by Gasteiger charge is -2.24. The van der Waals surface area contributed by atoms with Crippen LogP contribution in [0, 0.1) is 6.92 Å². The maximum absolute atomic E-state index is 3.55. The fourth-order valence-corrected chi connectivity index (χ4v) is 2.26. The minimum Gasteiger partial charge on any atom is -0.385 e. The van der Waals surface area contributed by atoms with Crippen LogP contribution in [-0.4, -0.2) is 6.54 Å². The molecule has 1 aliphatic rings. The van der Waals surface area contributed by atoms with Gasteiger partial charge in [-0.25, -0.2) is 0 Å². The Labute approximate surface area is 100 Å². The Morgan fingerprint density at radius 2 is 1.88 bits per heavy atom. The van der Waals surface area contributed by atoms with Gasteiger partial charge in [-0.3, -0.25) is 0 Å². The summed E-state index contributed by atoms with van der Waals surface area (Å²) in [6, 6.07) is 4.54. The van der Waals surface area contributed by atoms with Crippen molar-refractivity contribution in [2.45, 2.75) is 53.4 Å². The summed E-state index contributed by atoms with van der Waals surface area (Å²) in [7, 11) is 0. The Bertz CT molecular complexity index is 340. The molecule has 0 bridgehead atoms. The van der Waals surface area contributed by atoms with Gasteiger partial charge in [0, 0.05) is 12.2 Å². The average Bonchev–Trinajstić information content (AvgIpc) is 2.32. The summed E-state index contributed by atoms with van der Waals surface area (Å²) in [5, 5.41) is 3.55. The zero-order valence-corrected chi connectivity index (χ0v) is 11.4. The summed E-state index contributed by atoms with van der Waals surface area (Å²) in [4.78, 5) is 0. The number of rotatable bonds is 1. The molecular formula is C15H25N. The maximum atomic E-state index is 3.55. The topological polar surface area (TPSA) is 12.0 Å². The van der Waals surface area contributed by atoms with E-state index in [0.29, 0.717) is 5.92 Å². The van der Waals surface area contributed by atoms with E-state index < -0.39 is 0 Å². The van der Waals surface area contributed by atoms with E-state index in [9.17, 15) is 0 Å². The highest BCUT2D eigenvalue weighted by Crippen LogP contribution is 2.33. The first kappa shape index (κ1) is 13.1. The molecule has 1 aromatic carbocycles. The van der Waals surface area contributed by atoms with Crippen LogP contribution in [0.5, 0.6) is 0 Å². The minimum atomic E-state index is 0.620. The molecule has 90 valence electrons. The van der Waals surface area contributed by atoms with Gasteiger partial charge in [0.25, 0.3) is 0 Å². The van der Waals surface area contributed by atoms with E-state index in [0.717, 1.165) is 6.54 Å². The van der Waals surface area contributed by atoms with Gasteiger partial charge in [0.2, 0.25) is 0 Å². The predicted molar refractivity (Wildman–Crippen MR) is 73.4 cm³/mol. The summed E-state index contributed by atoms with van der Waals surface area (Å²) in [5.41, 5.74) is 5.88. The van der Waals surface area contributed by atoms with E-state index in [1.807, 2.05) is 13.8 Å². The highest BCUT2D eigenvalue weighted by Gasteiger charge is 2.15.